The van der Waals surface area contributed by atoms with Gasteiger partial charge in [-0.05, 0) is 36.4 Å². The Morgan fingerprint density at radius 3 is 2.59 bits per heavy atom. The van der Waals surface area contributed by atoms with Crippen LogP contribution in [0.15, 0.2) is 63.8 Å². The van der Waals surface area contributed by atoms with Gasteiger partial charge in [0.25, 0.3) is 5.91 Å². The van der Waals surface area contributed by atoms with Crippen molar-refractivity contribution in [1.82, 2.24) is 4.90 Å². The fourth-order valence-corrected chi connectivity index (χ4v) is 2.60. The highest BCUT2D eigenvalue weighted by atomic mass is 35.5. The first-order valence-corrected chi connectivity index (χ1v) is 9.14. The van der Waals surface area contributed by atoms with Gasteiger partial charge in [-0.25, -0.2) is 9.59 Å². The fourth-order valence-electron chi connectivity index (χ4n) is 2.48. The van der Waals surface area contributed by atoms with Crippen molar-refractivity contribution in [3.05, 3.63) is 75.6 Å². The molecule has 0 saturated carbocycles. The third-order valence-electron chi connectivity index (χ3n) is 4.12. The lowest BCUT2D eigenvalue weighted by atomic mass is 10.2. The van der Waals surface area contributed by atoms with Crippen LogP contribution in [0, 0.1) is 0 Å². The average Bonchev–Trinajstić information content (AvgIpc) is 2.72. The number of halogens is 1. The minimum atomic E-state index is -0.913. The molecule has 0 aliphatic carbocycles. The van der Waals surface area contributed by atoms with Crippen molar-refractivity contribution in [3.8, 4) is 5.75 Å². The molecule has 0 spiro atoms. The molecule has 1 amide bonds. The summed E-state index contributed by atoms with van der Waals surface area (Å²) in [6, 6.07) is 15.0. The van der Waals surface area contributed by atoms with E-state index >= 15 is 0 Å². The molecule has 3 rings (SSSR count). The highest BCUT2D eigenvalue weighted by Crippen LogP contribution is 2.15. The maximum atomic E-state index is 12.2. The number of rotatable bonds is 7. The minimum absolute atomic E-state index is 0.256. The zero-order valence-electron chi connectivity index (χ0n) is 15.6. The van der Waals surface area contributed by atoms with Crippen molar-refractivity contribution in [3.63, 3.8) is 0 Å². The van der Waals surface area contributed by atoms with Gasteiger partial charge in [-0.1, -0.05) is 29.8 Å². The summed E-state index contributed by atoms with van der Waals surface area (Å²) in [5, 5.41) is 1.19. The Hall–Kier alpha value is -3.32. The van der Waals surface area contributed by atoms with E-state index in [9.17, 15) is 14.4 Å². The summed E-state index contributed by atoms with van der Waals surface area (Å²) in [5.74, 6) is -0.711. The predicted molar refractivity (Wildman–Crippen MR) is 107 cm³/mol. The first kappa shape index (κ1) is 20.4. The van der Waals surface area contributed by atoms with E-state index in [1.165, 1.54) is 11.0 Å². The second-order valence-electron chi connectivity index (χ2n) is 6.18. The Kier molecular flexibility index (Phi) is 6.51. The van der Waals surface area contributed by atoms with Crippen LogP contribution in [0.4, 0.5) is 0 Å². The van der Waals surface area contributed by atoms with E-state index in [1.807, 2.05) is 0 Å². The number of ether oxygens (including phenoxy) is 2. The highest BCUT2D eigenvalue weighted by molar-refractivity contribution is 6.30. The van der Waals surface area contributed by atoms with Crippen LogP contribution in [0.2, 0.25) is 5.02 Å². The van der Waals surface area contributed by atoms with Crippen molar-refractivity contribution in [2.24, 2.45) is 0 Å². The lowest BCUT2D eigenvalue weighted by molar-refractivity contribution is -0.133. The normalized spacial score (nSPS) is 10.6. The van der Waals surface area contributed by atoms with E-state index in [2.05, 4.69) is 0 Å². The van der Waals surface area contributed by atoms with E-state index in [0.29, 0.717) is 21.7 Å². The molecule has 0 N–H and O–H groups in total. The van der Waals surface area contributed by atoms with Crippen molar-refractivity contribution in [2.45, 2.75) is 0 Å². The van der Waals surface area contributed by atoms with Crippen LogP contribution in [-0.4, -0.2) is 43.6 Å². The first-order valence-electron chi connectivity index (χ1n) is 8.76. The van der Waals surface area contributed by atoms with Crippen LogP contribution in [0.1, 0.15) is 10.4 Å². The Labute approximate surface area is 171 Å². The second-order valence-corrected chi connectivity index (χ2v) is 6.62. The molecule has 8 heteroatoms. The molecular weight excluding hydrogens is 398 g/mol. The number of hydrogen-bond donors (Lipinski definition) is 0. The maximum Gasteiger partial charge on any atom is 0.351 e. The number of fused-ring (bicyclic) bond motifs is 1. The van der Waals surface area contributed by atoms with E-state index in [1.54, 1.807) is 55.6 Å². The van der Waals surface area contributed by atoms with Crippen LogP contribution < -0.4 is 10.4 Å². The number of carbonyl (C=O) groups excluding carboxylic acids is 2. The van der Waals surface area contributed by atoms with Gasteiger partial charge in [0, 0.05) is 17.5 Å². The van der Waals surface area contributed by atoms with Gasteiger partial charge in [0.15, 0.2) is 6.61 Å². The predicted octanol–water partition coefficient (Wildman–Crippen LogP) is 3.14. The highest BCUT2D eigenvalue weighted by Gasteiger charge is 2.18. The maximum absolute atomic E-state index is 12.2. The lowest BCUT2D eigenvalue weighted by Gasteiger charge is -2.17. The van der Waals surface area contributed by atoms with E-state index < -0.39 is 24.1 Å². The van der Waals surface area contributed by atoms with Crippen LogP contribution in [0.25, 0.3) is 11.0 Å². The zero-order valence-corrected chi connectivity index (χ0v) is 16.3. The Morgan fingerprint density at radius 2 is 1.83 bits per heavy atom. The molecule has 0 bridgehead atoms. The molecule has 0 aliphatic heterocycles. The van der Waals surface area contributed by atoms with Crippen LogP contribution >= 0.6 is 11.6 Å². The molecule has 0 fully saturated rings. The molecule has 2 aromatic carbocycles. The number of para-hydroxylation sites is 1. The van der Waals surface area contributed by atoms with Gasteiger partial charge >= 0.3 is 11.6 Å². The molecule has 3 aromatic rings. The number of nitrogens with zero attached hydrogens (tertiary/aromatic N) is 1. The molecule has 7 nitrogen and oxygen atoms in total. The van der Waals surface area contributed by atoms with Gasteiger partial charge in [0.05, 0.1) is 6.54 Å². The van der Waals surface area contributed by atoms with Crippen LogP contribution in [0.5, 0.6) is 5.75 Å². The van der Waals surface area contributed by atoms with Crippen molar-refractivity contribution < 1.29 is 23.5 Å². The summed E-state index contributed by atoms with van der Waals surface area (Å²) >= 11 is 5.81. The quantitative estimate of drug-likeness (QED) is 0.435. The molecule has 0 radical (unpaired) electrons. The molecule has 1 aromatic heterocycles. The SMILES string of the molecule is CN(CCOc1ccc(Cl)cc1)C(=O)COC(=O)c1cc2ccccc2oc1=O. The first-order chi connectivity index (χ1) is 13.9. The minimum Gasteiger partial charge on any atom is -0.492 e. The second kappa shape index (κ2) is 9.25. The molecule has 0 saturated heterocycles. The molecular formula is C21H18ClNO6. The molecule has 0 aliphatic rings. The third-order valence-corrected chi connectivity index (χ3v) is 4.37. The summed E-state index contributed by atoms with van der Waals surface area (Å²) in [7, 11) is 1.56. The topological polar surface area (TPSA) is 86.0 Å². The summed E-state index contributed by atoms with van der Waals surface area (Å²) < 4.78 is 15.6. The number of carbonyl (C=O) groups is 2. The van der Waals surface area contributed by atoms with Gasteiger partial charge in [0.1, 0.15) is 23.5 Å². The number of benzene rings is 2. The summed E-state index contributed by atoms with van der Waals surface area (Å²) in [6.07, 6.45) is 0. The number of esters is 1. The fraction of sp³-hybridized carbons (Fsp3) is 0.190. The number of likely N-dealkylation sites (N-methyl/N-ethyl adjacent to an activating group) is 1. The summed E-state index contributed by atoms with van der Waals surface area (Å²) in [5.41, 5.74) is -0.707. The molecule has 0 unspecified atom stereocenters. The molecule has 1 heterocycles. The monoisotopic (exact) mass is 415 g/mol. The van der Waals surface area contributed by atoms with Crippen molar-refractivity contribution in [2.75, 3.05) is 26.8 Å². The van der Waals surface area contributed by atoms with Gasteiger partial charge in [-0.15, -0.1) is 0 Å². The van der Waals surface area contributed by atoms with Gasteiger partial charge in [0.2, 0.25) is 0 Å². The number of hydrogen-bond acceptors (Lipinski definition) is 6. The average molecular weight is 416 g/mol. The van der Waals surface area contributed by atoms with Gasteiger partial charge in [-0.3, -0.25) is 4.79 Å². The van der Waals surface area contributed by atoms with Gasteiger partial charge < -0.3 is 18.8 Å². The van der Waals surface area contributed by atoms with Gasteiger partial charge in [-0.2, -0.15) is 0 Å². The summed E-state index contributed by atoms with van der Waals surface area (Å²) in [6.45, 7) is 0.0474. The molecule has 29 heavy (non-hydrogen) atoms. The Morgan fingerprint density at radius 1 is 1.10 bits per heavy atom. The van der Waals surface area contributed by atoms with Crippen molar-refractivity contribution >= 4 is 34.4 Å². The zero-order chi connectivity index (χ0) is 20.8. The van der Waals surface area contributed by atoms with Crippen LogP contribution in [-0.2, 0) is 9.53 Å². The number of amides is 1. The molecule has 0 atom stereocenters. The van der Waals surface area contributed by atoms with Crippen LogP contribution in [0.3, 0.4) is 0 Å². The van der Waals surface area contributed by atoms with E-state index in [0.717, 1.165) is 0 Å². The molecule has 150 valence electrons. The largest absolute Gasteiger partial charge is 0.492 e. The van der Waals surface area contributed by atoms with Crippen molar-refractivity contribution in [1.29, 1.82) is 0 Å². The lowest BCUT2D eigenvalue weighted by Crippen LogP contribution is -2.34. The smallest absolute Gasteiger partial charge is 0.351 e. The van der Waals surface area contributed by atoms with E-state index in [-0.39, 0.29) is 18.7 Å². The standard InChI is InChI=1S/C21H18ClNO6/c1-23(10-11-27-16-8-6-15(22)7-9-16)19(24)13-28-20(25)17-12-14-4-2-3-5-18(14)29-21(17)26/h2-9,12H,10-11,13H2,1H3. The van der Waals surface area contributed by atoms with E-state index in [4.69, 9.17) is 25.5 Å². The third kappa shape index (κ3) is 5.36. The summed E-state index contributed by atoms with van der Waals surface area (Å²) in [4.78, 5) is 37.6. The Bertz CT molecular complexity index is 1080. The Balaban J connectivity index is 1.50.